The van der Waals surface area contributed by atoms with Crippen molar-refractivity contribution in [2.45, 2.75) is 13.3 Å². The number of benzene rings is 1. The lowest BCUT2D eigenvalue weighted by atomic mass is 9.97. The van der Waals surface area contributed by atoms with Gasteiger partial charge in [-0.1, -0.05) is 6.92 Å². The molecule has 1 rings (SSSR count). The van der Waals surface area contributed by atoms with Gasteiger partial charge < -0.3 is 10.0 Å². The molecule has 0 aromatic heterocycles. The van der Waals surface area contributed by atoms with Gasteiger partial charge in [0.25, 0.3) is 0 Å². The smallest absolute Gasteiger partial charge is 0.341 e. The number of hydrogen-bond acceptors (Lipinski definition) is 4. The van der Waals surface area contributed by atoms with Crippen LogP contribution in [0.2, 0.25) is 0 Å². The summed E-state index contributed by atoms with van der Waals surface area (Å²) in [5, 5.41) is 17.9. The Hall–Kier alpha value is -2.82. The molecule has 0 saturated carbocycles. The maximum absolute atomic E-state index is 14.1. The Kier molecular flexibility index (Phi) is 5.52. The molecule has 1 N–H and O–H groups in total. The van der Waals surface area contributed by atoms with Crippen LogP contribution in [-0.2, 0) is 4.79 Å². The van der Waals surface area contributed by atoms with Gasteiger partial charge in [0, 0.05) is 19.8 Å². The second-order valence-electron chi connectivity index (χ2n) is 4.72. The summed E-state index contributed by atoms with van der Waals surface area (Å²) in [6, 6.07) is 1.37. The number of carboxylic acid groups (broad SMARTS) is 1. The molecule has 0 atom stereocenters. The third-order valence-corrected chi connectivity index (χ3v) is 3.12. The van der Waals surface area contributed by atoms with Crippen LogP contribution < -0.4 is 0 Å². The fraction of sp³-hybridized carbons (Fsp3) is 0.267. The Balaban J connectivity index is 3.71. The van der Waals surface area contributed by atoms with Gasteiger partial charge in [0.1, 0.15) is 17.2 Å². The molecule has 0 fully saturated rings. The number of carboxylic acids is 1. The molecule has 0 aliphatic carbocycles. The van der Waals surface area contributed by atoms with E-state index in [9.17, 15) is 27.9 Å². The Morgan fingerprint density at radius 1 is 1.26 bits per heavy atom. The number of halogens is 3. The third-order valence-electron chi connectivity index (χ3n) is 3.12. The number of nitrogens with zero attached hydrogens (tertiary/aromatic N) is 2. The second-order valence-corrected chi connectivity index (χ2v) is 4.72. The zero-order valence-corrected chi connectivity index (χ0v) is 12.6. The molecular weight excluding hydrogens is 313 g/mol. The monoisotopic (exact) mass is 326 g/mol. The van der Waals surface area contributed by atoms with Crippen molar-refractivity contribution in [2.24, 2.45) is 0 Å². The maximum Gasteiger partial charge on any atom is 0.341 e. The predicted molar refractivity (Wildman–Crippen MR) is 74.0 cm³/mol. The van der Waals surface area contributed by atoms with E-state index in [1.165, 1.54) is 19.0 Å². The largest absolute Gasteiger partial charge is 0.477 e. The number of nitriles is 1. The molecule has 8 heteroatoms. The van der Waals surface area contributed by atoms with Crippen LogP contribution in [0.25, 0.3) is 0 Å². The summed E-state index contributed by atoms with van der Waals surface area (Å²) in [4.78, 5) is 25.1. The number of carbonyl (C=O) groups excluding carboxylic acids is 1. The van der Waals surface area contributed by atoms with Crippen molar-refractivity contribution in [1.29, 1.82) is 5.26 Å². The van der Waals surface area contributed by atoms with Crippen LogP contribution in [0.4, 0.5) is 13.2 Å². The van der Waals surface area contributed by atoms with Crippen molar-refractivity contribution in [3.05, 3.63) is 45.9 Å². The van der Waals surface area contributed by atoms with E-state index < -0.39 is 45.9 Å². The molecule has 1 aromatic carbocycles. The number of rotatable bonds is 5. The molecule has 23 heavy (non-hydrogen) atoms. The zero-order valence-electron chi connectivity index (χ0n) is 12.6. The summed E-state index contributed by atoms with van der Waals surface area (Å²) in [6.07, 6.45) is 0.136. The first-order valence-electron chi connectivity index (χ1n) is 6.43. The van der Waals surface area contributed by atoms with Crippen molar-refractivity contribution in [3.8, 4) is 6.07 Å². The van der Waals surface area contributed by atoms with Gasteiger partial charge in [-0.25, -0.2) is 18.0 Å². The molecule has 122 valence electrons. The molecule has 0 bridgehead atoms. The van der Waals surface area contributed by atoms with Crippen LogP contribution in [0.5, 0.6) is 0 Å². The second kappa shape index (κ2) is 6.96. The molecule has 5 nitrogen and oxygen atoms in total. The van der Waals surface area contributed by atoms with Crippen LogP contribution in [0.15, 0.2) is 17.3 Å². The standard InChI is InChI=1S/C15H13F3N2O3/c1-4-10(20(2)3)11(15(22)23)14(21)7-5-9(16)13(18)8(6-19)12(7)17/h5H,4H2,1-3H3,(H,22,23). The quantitative estimate of drug-likeness (QED) is 0.295. The minimum absolute atomic E-state index is 0.0742. The first kappa shape index (κ1) is 18.2. The summed E-state index contributed by atoms with van der Waals surface area (Å²) in [6.45, 7) is 1.58. The SMILES string of the molecule is CCC(=C(C(=O)O)C(=O)c1cc(F)c(F)c(C#N)c1F)N(C)C. The van der Waals surface area contributed by atoms with Gasteiger partial charge in [-0.3, -0.25) is 4.79 Å². The van der Waals surface area contributed by atoms with Crippen molar-refractivity contribution < 1.29 is 27.9 Å². The van der Waals surface area contributed by atoms with Crippen molar-refractivity contribution in [1.82, 2.24) is 4.90 Å². The van der Waals surface area contributed by atoms with Gasteiger partial charge in [0.2, 0.25) is 5.78 Å². The van der Waals surface area contributed by atoms with Gasteiger partial charge in [-0.05, 0) is 12.5 Å². The van der Waals surface area contributed by atoms with Gasteiger partial charge in [0.05, 0.1) is 5.56 Å². The minimum Gasteiger partial charge on any atom is -0.477 e. The van der Waals surface area contributed by atoms with Crippen LogP contribution in [0.1, 0.15) is 29.3 Å². The highest BCUT2D eigenvalue weighted by Crippen LogP contribution is 2.24. The van der Waals surface area contributed by atoms with Gasteiger partial charge in [-0.15, -0.1) is 0 Å². The van der Waals surface area contributed by atoms with Crippen LogP contribution in [-0.4, -0.2) is 35.9 Å². The number of carbonyl (C=O) groups is 2. The number of Topliss-reactive ketones (excluding diaryl/α,β-unsaturated/α-hetero) is 1. The number of hydrogen-bond donors (Lipinski definition) is 1. The molecule has 0 radical (unpaired) electrons. The van der Waals surface area contributed by atoms with Gasteiger partial charge >= 0.3 is 5.97 Å². The lowest BCUT2D eigenvalue weighted by molar-refractivity contribution is -0.132. The Morgan fingerprint density at radius 2 is 1.83 bits per heavy atom. The first-order valence-corrected chi connectivity index (χ1v) is 6.43. The van der Waals surface area contributed by atoms with E-state index in [0.29, 0.717) is 0 Å². The van der Waals surface area contributed by atoms with E-state index in [2.05, 4.69) is 0 Å². The minimum atomic E-state index is -1.73. The highest BCUT2D eigenvalue weighted by molar-refractivity contribution is 6.24. The van der Waals surface area contributed by atoms with E-state index >= 15 is 0 Å². The van der Waals surface area contributed by atoms with Crippen LogP contribution >= 0.6 is 0 Å². The van der Waals surface area contributed by atoms with Crippen LogP contribution in [0.3, 0.4) is 0 Å². The summed E-state index contributed by atoms with van der Waals surface area (Å²) in [5.41, 5.74) is -2.98. The Bertz CT molecular complexity index is 749. The number of aliphatic carboxylic acids is 1. The normalized spacial score (nSPS) is 11.5. The highest BCUT2D eigenvalue weighted by Gasteiger charge is 2.30. The molecular formula is C15H13F3N2O3. The molecule has 0 aliphatic rings. The van der Waals surface area contributed by atoms with Gasteiger partial charge in [0.15, 0.2) is 17.5 Å². The van der Waals surface area contributed by atoms with E-state index in [-0.39, 0.29) is 18.2 Å². The molecule has 0 amide bonds. The van der Waals surface area contributed by atoms with Crippen molar-refractivity contribution in [2.75, 3.05) is 14.1 Å². The molecule has 0 aliphatic heterocycles. The predicted octanol–water partition coefficient (Wildman–Crippen LogP) is 2.47. The zero-order chi connectivity index (χ0) is 17.9. The summed E-state index contributed by atoms with van der Waals surface area (Å²) in [7, 11) is 2.97. The van der Waals surface area contributed by atoms with E-state index in [4.69, 9.17) is 5.26 Å². The van der Waals surface area contributed by atoms with E-state index in [0.717, 1.165) is 6.07 Å². The number of allylic oxidation sites excluding steroid dienone is 1. The summed E-state index contributed by atoms with van der Waals surface area (Å²) < 4.78 is 40.9. The van der Waals surface area contributed by atoms with Crippen LogP contribution in [0, 0.1) is 28.8 Å². The fourth-order valence-corrected chi connectivity index (χ4v) is 2.07. The summed E-state index contributed by atoms with van der Waals surface area (Å²) in [5.74, 6) is -7.91. The fourth-order valence-electron chi connectivity index (χ4n) is 2.07. The average molecular weight is 326 g/mol. The van der Waals surface area contributed by atoms with Crippen molar-refractivity contribution >= 4 is 11.8 Å². The highest BCUT2D eigenvalue weighted by atomic mass is 19.2. The van der Waals surface area contributed by atoms with E-state index in [1.807, 2.05) is 0 Å². The maximum atomic E-state index is 14.1. The molecule has 0 spiro atoms. The lowest BCUT2D eigenvalue weighted by Crippen LogP contribution is -2.23. The van der Waals surface area contributed by atoms with E-state index in [1.54, 1.807) is 6.92 Å². The Morgan fingerprint density at radius 3 is 2.22 bits per heavy atom. The Labute approximate surface area is 130 Å². The number of ketones is 1. The molecule has 0 saturated heterocycles. The first-order chi connectivity index (χ1) is 10.7. The average Bonchev–Trinajstić information content (AvgIpc) is 2.47. The van der Waals surface area contributed by atoms with Gasteiger partial charge in [-0.2, -0.15) is 5.26 Å². The van der Waals surface area contributed by atoms with Crippen molar-refractivity contribution in [3.63, 3.8) is 0 Å². The molecule has 0 unspecified atom stereocenters. The topological polar surface area (TPSA) is 81.4 Å². The lowest BCUT2D eigenvalue weighted by Gasteiger charge is -2.18. The molecule has 1 aromatic rings. The summed E-state index contributed by atoms with van der Waals surface area (Å²) >= 11 is 0. The molecule has 0 heterocycles. The third kappa shape index (κ3) is 3.34.